The molecular formula is C19H24ClN3O. The molecule has 0 saturated carbocycles. The Morgan fingerprint density at radius 3 is 2.46 bits per heavy atom. The first-order chi connectivity index (χ1) is 11.4. The fourth-order valence-corrected chi connectivity index (χ4v) is 2.86. The highest BCUT2D eigenvalue weighted by Gasteiger charge is 2.17. The fraction of sp³-hybridized carbons (Fsp3) is 0.316. The first-order valence-electron chi connectivity index (χ1n) is 7.87. The molecule has 0 fully saturated rings. The van der Waals surface area contributed by atoms with E-state index in [2.05, 4.69) is 4.90 Å². The average molecular weight is 346 g/mol. The Hall–Kier alpha value is -2.20. The lowest BCUT2D eigenvalue weighted by Crippen LogP contribution is -2.26. The number of amidine groups is 1. The molecule has 0 amide bonds. The van der Waals surface area contributed by atoms with Gasteiger partial charge in [0.05, 0.1) is 17.8 Å². The Kier molecular flexibility index (Phi) is 5.73. The van der Waals surface area contributed by atoms with Gasteiger partial charge in [-0.15, -0.1) is 0 Å². The quantitative estimate of drug-likeness (QED) is 0.630. The molecule has 4 nitrogen and oxygen atoms in total. The molecule has 0 aromatic heterocycles. The van der Waals surface area contributed by atoms with Crippen molar-refractivity contribution >= 4 is 28.8 Å². The van der Waals surface area contributed by atoms with E-state index in [0.717, 1.165) is 34.8 Å². The second-order valence-corrected chi connectivity index (χ2v) is 6.12. The van der Waals surface area contributed by atoms with Crippen molar-refractivity contribution < 1.29 is 4.74 Å². The van der Waals surface area contributed by atoms with Crippen molar-refractivity contribution in [2.45, 2.75) is 13.8 Å². The minimum Gasteiger partial charge on any atom is -0.495 e. The molecule has 0 heterocycles. The number of hydrogen-bond acceptors (Lipinski definition) is 3. The van der Waals surface area contributed by atoms with E-state index in [1.807, 2.05) is 69.2 Å². The van der Waals surface area contributed by atoms with Crippen LogP contribution in [0.2, 0.25) is 5.02 Å². The molecule has 128 valence electrons. The summed E-state index contributed by atoms with van der Waals surface area (Å²) in [5.41, 5.74) is 3.75. The molecule has 2 rings (SSSR count). The molecule has 0 aliphatic carbocycles. The molecule has 0 bridgehead atoms. The number of hydrogen-bond donors (Lipinski definition) is 1. The van der Waals surface area contributed by atoms with E-state index in [9.17, 15) is 0 Å². The molecule has 1 N–H and O–H groups in total. The fourth-order valence-electron chi connectivity index (χ4n) is 2.61. The van der Waals surface area contributed by atoms with Crippen LogP contribution >= 0.6 is 11.6 Å². The van der Waals surface area contributed by atoms with Crippen LogP contribution in [0.25, 0.3) is 0 Å². The Labute approximate surface area is 149 Å². The maximum absolute atomic E-state index is 8.29. The van der Waals surface area contributed by atoms with Crippen molar-refractivity contribution in [3.63, 3.8) is 0 Å². The van der Waals surface area contributed by atoms with Gasteiger partial charge in [0.25, 0.3) is 0 Å². The molecular weight excluding hydrogens is 322 g/mol. The molecule has 5 heteroatoms. The zero-order chi connectivity index (χ0) is 17.9. The monoisotopic (exact) mass is 345 g/mol. The van der Waals surface area contributed by atoms with Crippen LogP contribution in [0.3, 0.4) is 0 Å². The number of rotatable bonds is 5. The molecule has 0 radical (unpaired) electrons. The number of nitrogens with zero attached hydrogens (tertiary/aromatic N) is 2. The van der Waals surface area contributed by atoms with E-state index in [1.54, 1.807) is 7.11 Å². The van der Waals surface area contributed by atoms with E-state index in [-0.39, 0.29) is 0 Å². The van der Waals surface area contributed by atoms with E-state index in [0.29, 0.717) is 10.9 Å². The third kappa shape index (κ3) is 3.49. The van der Waals surface area contributed by atoms with Crippen molar-refractivity contribution in [3.8, 4) is 5.75 Å². The van der Waals surface area contributed by atoms with Gasteiger partial charge in [0.1, 0.15) is 11.6 Å². The SMILES string of the molecule is CCN(C)C(=N)c1cc(C)c(N(C)c2ccccc2OC)cc1Cl. The van der Waals surface area contributed by atoms with Crippen molar-refractivity contribution in [3.05, 3.63) is 52.5 Å². The van der Waals surface area contributed by atoms with Gasteiger partial charge in [-0.1, -0.05) is 23.7 Å². The van der Waals surface area contributed by atoms with E-state index >= 15 is 0 Å². The van der Waals surface area contributed by atoms with Gasteiger partial charge in [0.15, 0.2) is 0 Å². The van der Waals surface area contributed by atoms with Gasteiger partial charge in [0.2, 0.25) is 0 Å². The summed E-state index contributed by atoms with van der Waals surface area (Å²) in [6, 6.07) is 11.7. The Morgan fingerprint density at radius 2 is 1.83 bits per heavy atom. The van der Waals surface area contributed by atoms with Gasteiger partial charge in [-0.25, -0.2) is 0 Å². The molecule has 0 aliphatic rings. The number of benzene rings is 2. The molecule has 0 spiro atoms. The van der Waals surface area contributed by atoms with Crippen LogP contribution in [-0.2, 0) is 0 Å². The lowest BCUT2D eigenvalue weighted by atomic mass is 10.1. The van der Waals surface area contributed by atoms with Crippen LogP contribution in [-0.4, -0.2) is 38.5 Å². The number of ether oxygens (including phenoxy) is 1. The maximum Gasteiger partial charge on any atom is 0.142 e. The summed E-state index contributed by atoms with van der Waals surface area (Å²) in [5, 5.41) is 8.86. The summed E-state index contributed by atoms with van der Waals surface area (Å²) in [4.78, 5) is 3.92. The van der Waals surface area contributed by atoms with E-state index in [1.165, 1.54) is 0 Å². The summed E-state index contributed by atoms with van der Waals surface area (Å²) >= 11 is 6.48. The topological polar surface area (TPSA) is 39.6 Å². The highest BCUT2D eigenvalue weighted by Crippen LogP contribution is 2.36. The van der Waals surface area contributed by atoms with Crippen LogP contribution in [0, 0.1) is 12.3 Å². The second kappa shape index (κ2) is 7.58. The number of para-hydroxylation sites is 2. The summed E-state index contributed by atoms with van der Waals surface area (Å²) in [6.07, 6.45) is 0. The van der Waals surface area contributed by atoms with E-state index < -0.39 is 0 Å². The van der Waals surface area contributed by atoms with Crippen LogP contribution in [0.4, 0.5) is 11.4 Å². The maximum atomic E-state index is 8.29. The summed E-state index contributed by atoms with van der Waals surface area (Å²) in [7, 11) is 5.54. The first-order valence-corrected chi connectivity index (χ1v) is 8.25. The summed E-state index contributed by atoms with van der Waals surface area (Å²) in [5.74, 6) is 1.23. The number of aryl methyl sites for hydroxylation is 1. The third-order valence-electron chi connectivity index (χ3n) is 4.20. The molecule has 0 atom stereocenters. The number of halogens is 1. The molecule has 2 aromatic carbocycles. The molecule has 24 heavy (non-hydrogen) atoms. The number of nitrogens with one attached hydrogen (secondary N) is 1. The lowest BCUT2D eigenvalue weighted by molar-refractivity contribution is 0.415. The molecule has 2 aromatic rings. The van der Waals surface area contributed by atoms with Crippen molar-refractivity contribution in [2.75, 3.05) is 32.6 Å². The molecule has 0 saturated heterocycles. The van der Waals surface area contributed by atoms with Gasteiger partial charge in [-0.05, 0) is 43.7 Å². The summed E-state index contributed by atoms with van der Waals surface area (Å²) in [6.45, 7) is 4.80. The minimum atomic E-state index is 0.428. The predicted molar refractivity (Wildman–Crippen MR) is 102 cm³/mol. The van der Waals surface area contributed by atoms with Crippen molar-refractivity contribution in [1.29, 1.82) is 5.41 Å². The Balaban J connectivity index is 2.45. The summed E-state index contributed by atoms with van der Waals surface area (Å²) < 4.78 is 5.45. The van der Waals surface area contributed by atoms with Gasteiger partial charge in [0, 0.05) is 31.9 Å². The lowest BCUT2D eigenvalue weighted by Gasteiger charge is -2.25. The normalized spacial score (nSPS) is 10.4. The predicted octanol–water partition coefficient (Wildman–Crippen LogP) is 4.70. The van der Waals surface area contributed by atoms with Crippen molar-refractivity contribution in [2.24, 2.45) is 0 Å². The van der Waals surface area contributed by atoms with Crippen LogP contribution in [0.1, 0.15) is 18.1 Å². The number of anilines is 2. The second-order valence-electron chi connectivity index (χ2n) is 5.71. The van der Waals surface area contributed by atoms with Crippen LogP contribution < -0.4 is 9.64 Å². The first kappa shape index (κ1) is 18.1. The van der Waals surface area contributed by atoms with Gasteiger partial charge >= 0.3 is 0 Å². The molecule has 0 unspecified atom stereocenters. The zero-order valence-electron chi connectivity index (χ0n) is 14.9. The van der Waals surface area contributed by atoms with Crippen molar-refractivity contribution in [1.82, 2.24) is 4.90 Å². The zero-order valence-corrected chi connectivity index (χ0v) is 15.6. The molecule has 0 aliphatic heterocycles. The number of methoxy groups -OCH3 is 1. The van der Waals surface area contributed by atoms with Gasteiger partial charge in [-0.2, -0.15) is 0 Å². The Morgan fingerprint density at radius 1 is 1.17 bits per heavy atom. The van der Waals surface area contributed by atoms with Crippen LogP contribution in [0.15, 0.2) is 36.4 Å². The van der Waals surface area contributed by atoms with Gasteiger partial charge in [-0.3, -0.25) is 5.41 Å². The highest BCUT2D eigenvalue weighted by molar-refractivity contribution is 6.34. The smallest absolute Gasteiger partial charge is 0.142 e. The van der Waals surface area contributed by atoms with E-state index in [4.69, 9.17) is 21.7 Å². The van der Waals surface area contributed by atoms with Crippen LogP contribution in [0.5, 0.6) is 5.75 Å². The largest absolute Gasteiger partial charge is 0.495 e. The third-order valence-corrected chi connectivity index (χ3v) is 4.52. The minimum absolute atomic E-state index is 0.428. The Bertz CT molecular complexity index is 745. The van der Waals surface area contributed by atoms with Gasteiger partial charge < -0.3 is 14.5 Å². The standard InChI is InChI=1S/C19H24ClN3O/c1-6-22(3)19(21)14-11-13(2)17(12-15(14)20)23(4)16-9-7-8-10-18(16)24-5/h7-12,21H,6H2,1-5H3. The average Bonchev–Trinajstić information content (AvgIpc) is 2.61. The highest BCUT2D eigenvalue weighted by atomic mass is 35.5.